The van der Waals surface area contributed by atoms with E-state index >= 15 is 0 Å². The number of hydrogen-bond acceptors (Lipinski definition) is 4. The first-order valence-electron chi connectivity index (χ1n) is 8.16. The SMILES string of the molecule is CN1CCN(C(=O)CNC2CCN3CCCC3C2)CC1. The van der Waals surface area contributed by atoms with Crippen LogP contribution in [-0.4, -0.2) is 85.6 Å². The quantitative estimate of drug-likeness (QED) is 0.788. The molecule has 1 N–H and O–H groups in total. The molecular formula is C15H28N4O. The van der Waals surface area contributed by atoms with Crippen LogP contribution in [0, 0.1) is 0 Å². The van der Waals surface area contributed by atoms with Crippen molar-refractivity contribution in [3.8, 4) is 0 Å². The van der Waals surface area contributed by atoms with Crippen molar-refractivity contribution in [1.29, 1.82) is 0 Å². The topological polar surface area (TPSA) is 38.8 Å². The fraction of sp³-hybridized carbons (Fsp3) is 0.933. The third-order valence-electron chi connectivity index (χ3n) is 5.22. The predicted molar refractivity (Wildman–Crippen MR) is 79.7 cm³/mol. The molecule has 3 heterocycles. The second-order valence-electron chi connectivity index (χ2n) is 6.62. The van der Waals surface area contributed by atoms with Gasteiger partial charge in [0.05, 0.1) is 6.54 Å². The average molecular weight is 280 g/mol. The highest BCUT2D eigenvalue weighted by Gasteiger charge is 2.31. The van der Waals surface area contributed by atoms with E-state index in [2.05, 4.69) is 22.2 Å². The lowest BCUT2D eigenvalue weighted by Crippen LogP contribution is -2.52. The van der Waals surface area contributed by atoms with Gasteiger partial charge >= 0.3 is 0 Å². The van der Waals surface area contributed by atoms with Crippen LogP contribution in [0.15, 0.2) is 0 Å². The largest absolute Gasteiger partial charge is 0.339 e. The molecule has 0 aromatic carbocycles. The van der Waals surface area contributed by atoms with E-state index in [1.807, 2.05) is 4.90 Å². The molecule has 3 rings (SSSR count). The lowest BCUT2D eigenvalue weighted by Gasteiger charge is -2.36. The second-order valence-corrected chi connectivity index (χ2v) is 6.62. The molecule has 1 amide bonds. The van der Waals surface area contributed by atoms with Crippen molar-refractivity contribution in [1.82, 2.24) is 20.0 Å². The van der Waals surface area contributed by atoms with Gasteiger partial charge in [-0.15, -0.1) is 0 Å². The molecule has 3 aliphatic rings. The van der Waals surface area contributed by atoms with Crippen molar-refractivity contribution >= 4 is 5.91 Å². The van der Waals surface area contributed by atoms with Crippen molar-refractivity contribution in [3.63, 3.8) is 0 Å². The van der Waals surface area contributed by atoms with Crippen LogP contribution < -0.4 is 5.32 Å². The van der Waals surface area contributed by atoms with Crippen LogP contribution in [0.2, 0.25) is 0 Å². The molecular weight excluding hydrogens is 252 g/mol. The first kappa shape index (κ1) is 14.3. The Balaban J connectivity index is 1.39. The summed E-state index contributed by atoms with van der Waals surface area (Å²) in [5.41, 5.74) is 0. The minimum absolute atomic E-state index is 0.284. The van der Waals surface area contributed by atoms with Gasteiger partial charge in [0.15, 0.2) is 0 Å². The summed E-state index contributed by atoms with van der Waals surface area (Å²) >= 11 is 0. The number of piperazine rings is 1. The van der Waals surface area contributed by atoms with Gasteiger partial charge in [0.25, 0.3) is 0 Å². The fourth-order valence-electron chi connectivity index (χ4n) is 3.81. The molecule has 0 aromatic rings. The standard InChI is InChI=1S/C15H28N4O/c1-17-7-9-19(10-8-17)15(20)12-16-13-4-6-18-5-2-3-14(18)11-13/h13-14,16H,2-12H2,1H3. The fourth-order valence-corrected chi connectivity index (χ4v) is 3.81. The van der Waals surface area contributed by atoms with E-state index in [-0.39, 0.29) is 5.91 Å². The maximum atomic E-state index is 12.2. The summed E-state index contributed by atoms with van der Waals surface area (Å²) in [6.45, 7) is 6.82. The molecule has 5 heteroatoms. The van der Waals surface area contributed by atoms with Gasteiger partial charge in [-0.1, -0.05) is 0 Å². The summed E-state index contributed by atoms with van der Waals surface area (Å²) < 4.78 is 0. The Labute approximate surface area is 122 Å². The molecule has 0 aromatic heterocycles. The molecule has 0 radical (unpaired) electrons. The summed E-state index contributed by atoms with van der Waals surface area (Å²) in [7, 11) is 2.12. The Kier molecular flexibility index (Phi) is 4.58. The van der Waals surface area contributed by atoms with Gasteiger partial charge < -0.3 is 20.0 Å². The van der Waals surface area contributed by atoms with Crippen LogP contribution in [0.5, 0.6) is 0 Å². The smallest absolute Gasteiger partial charge is 0.236 e. The zero-order valence-corrected chi connectivity index (χ0v) is 12.7. The van der Waals surface area contributed by atoms with Crippen LogP contribution in [0.1, 0.15) is 25.7 Å². The molecule has 3 fully saturated rings. The minimum atomic E-state index is 0.284. The molecule has 3 saturated heterocycles. The van der Waals surface area contributed by atoms with Crippen molar-refractivity contribution in [2.45, 2.75) is 37.8 Å². The van der Waals surface area contributed by atoms with E-state index in [0.717, 1.165) is 32.2 Å². The van der Waals surface area contributed by atoms with Crippen LogP contribution in [0.25, 0.3) is 0 Å². The second kappa shape index (κ2) is 6.41. The molecule has 0 aliphatic carbocycles. The number of hydrogen-bond donors (Lipinski definition) is 1. The number of fused-ring (bicyclic) bond motifs is 1. The number of nitrogens with zero attached hydrogens (tertiary/aromatic N) is 3. The van der Waals surface area contributed by atoms with Crippen molar-refractivity contribution < 1.29 is 4.79 Å². The summed E-state index contributed by atoms with van der Waals surface area (Å²) in [5.74, 6) is 0.284. The maximum absolute atomic E-state index is 12.2. The van der Waals surface area contributed by atoms with Gasteiger partial charge in [0.2, 0.25) is 5.91 Å². The number of likely N-dealkylation sites (N-methyl/N-ethyl adjacent to an activating group) is 1. The maximum Gasteiger partial charge on any atom is 0.236 e. The molecule has 20 heavy (non-hydrogen) atoms. The van der Waals surface area contributed by atoms with Gasteiger partial charge in [0.1, 0.15) is 0 Å². The molecule has 3 aliphatic heterocycles. The Bertz CT molecular complexity index is 341. The molecule has 2 atom stereocenters. The molecule has 0 saturated carbocycles. The normalized spacial score (nSPS) is 32.4. The number of amides is 1. The zero-order chi connectivity index (χ0) is 13.9. The Hall–Kier alpha value is -0.650. The predicted octanol–water partition coefficient (Wildman–Crippen LogP) is -0.0232. The summed E-state index contributed by atoms with van der Waals surface area (Å²) in [5, 5.41) is 3.51. The highest BCUT2D eigenvalue weighted by molar-refractivity contribution is 5.78. The number of rotatable bonds is 3. The van der Waals surface area contributed by atoms with E-state index in [1.165, 1.54) is 38.8 Å². The van der Waals surface area contributed by atoms with Gasteiger partial charge in [-0.3, -0.25) is 4.79 Å². The van der Waals surface area contributed by atoms with Crippen molar-refractivity contribution in [3.05, 3.63) is 0 Å². The third kappa shape index (κ3) is 3.32. The van der Waals surface area contributed by atoms with Crippen molar-refractivity contribution in [2.75, 3.05) is 52.9 Å². The average Bonchev–Trinajstić information content (AvgIpc) is 2.93. The molecule has 5 nitrogen and oxygen atoms in total. The first-order valence-corrected chi connectivity index (χ1v) is 8.16. The Morgan fingerprint density at radius 3 is 2.70 bits per heavy atom. The van der Waals surface area contributed by atoms with Gasteiger partial charge in [0, 0.05) is 38.3 Å². The molecule has 0 bridgehead atoms. The van der Waals surface area contributed by atoms with Gasteiger partial charge in [-0.25, -0.2) is 0 Å². The van der Waals surface area contributed by atoms with E-state index in [4.69, 9.17) is 0 Å². The molecule has 114 valence electrons. The molecule has 2 unspecified atom stereocenters. The summed E-state index contributed by atoms with van der Waals surface area (Å²) in [6.07, 6.45) is 5.14. The Morgan fingerprint density at radius 1 is 1.10 bits per heavy atom. The van der Waals surface area contributed by atoms with Crippen LogP contribution in [0.4, 0.5) is 0 Å². The lowest BCUT2D eigenvalue weighted by atomic mass is 9.97. The third-order valence-corrected chi connectivity index (χ3v) is 5.22. The van der Waals surface area contributed by atoms with Gasteiger partial charge in [-0.2, -0.15) is 0 Å². The van der Waals surface area contributed by atoms with E-state index in [0.29, 0.717) is 12.6 Å². The van der Waals surface area contributed by atoms with Gasteiger partial charge in [-0.05, 0) is 45.8 Å². The zero-order valence-electron chi connectivity index (χ0n) is 12.7. The highest BCUT2D eigenvalue weighted by atomic mass is 16.2. The highest BCUT2D eigenvalue weighted by Crippen LogP contribution is 2.26. The Morgan fingerprint density at radius 2 is 1.90 bits per heavy atom. The van der Waals surface area contributed by atoms with Crippen molar-refractivity contribution in [2.24, 2.45) is 0 Å². The van der Waals surface area contributed by atoms with Crippen LogP contribution >= 0.6 is 0 Å². The number of carbonyl (C=O) groups is 1. The first-order chi connectivity index (χ1) is 9.72. The number of piperidine rings is 1. The number of carbonyl (C=O) groups excluding carboxylic acids is 1. The summed E-state index contributed by atoms with van der Waals surface area (Å²) in [4.78, 5) is 19.1. The van der Waals surface area contributed by atoms with E-state index in [9.17, 15) is 4.79 Å². The van der Waals surface area contributed by atoms with Crippen LogP contribution in [0.3, 0.4) is 0 Å². The monoisotopic (exact) mass is 280 g/mol. The van der Waals surface area contributed by atoms with Crippen LogP contribution in [-0.2, 0) is 4.79 Å². The molecule has 0 spiro atoms. The number of nitrogens with one attached hydrogen (secondary N) is 1. The lowest BCUT2D eigenvalue weighted by molar-refractivity contribution is -0.132. The summed E-state index contributed by atoms with van der Waals surface area (Å²) in [6, 6.07) is 1.32. The van der Waals surface area contributed by atoms with E-state index < -0.39 is 0 Å². The minimum Gasteiger partial charge on any atom is -0.339 e. The van der Waals surface area contributed by atoms with E-state index in [1.54, 1.807) is 0 Å².